The molecule has 0 aliphatic heterocycles. The maximum absolute atomic E-state index is 5.65. The van der Waals surface area contributed by atoms with Crippen LogP contribution in [0.25, 0.3) is 27.6 Å². The third-order valence-electron chi connectivity index (χ3n) is 3.60. The quantitative estimate of drug-likeness (QED) is 0.535. The standard InChI is InChI=1S/C18H14N3OS/c1-13-16(14-5-3-2-4-6-14)11-17(23-13)18-20-21(12-22-18)15-7-9-19-10-8-15/h2-12H,1H3/q+1. The first-order chi connectivity index (χ1) is 11.3. The van der Waals surface area contributed by atoms with Gasteiger partial charge in [-0.3, -0.25) is 4.98 Å². The van der Waals surface area contributed by atoms with Gasteiger partial charge in [-0.15, -0.1) is 11.3 Å². The average Bonchev–Trinajstić information content (AvgIpc) is 3.23. The molecule has 0 unspecified atom stereocenters. The molecule has 23 heavy (non-hydrogen) atoms. The van der Waals surface area contributed by atoms with Crippen molar-refractivity contribution in [2.75, 3.05) is 0 Å². The van der Waals surface area contributed by atoms with E-state index in [1.54, 1.807) is 34.8 Å². The van der Waals surface area contributed by atoms with Crippen LogP contribution < -0.4 is 4.68 Å². The molecular formula is C18H14N3OS+. The van der Waals surface area contributed by atoms with Crippen LogP contribution in [0.4, 0.5) is 0 Å². The lowest BCUT2D eigenvalue weighted by atomic mass is 10.1. The Morgan fingerprint density at radius 1 is 1.04 bits per heavy atom. The molecule has 0 saturated carbocycles. The van der Waals surface area contributed by atoms with Gasteiger partial charge in [0.25, 0.3) is 0 Å². The van der Waals surface area contributed by atoms with E-state index in [0.29, 0.717) is 5.89 Å². The van der Waals surface area contributed by atoms with Crippen LogP contribution in [0.2, 0.25) is 0 Å². The van der Waals surface area contributed by atoms with Crippen molar-refractivity contribution in [1.82, 2.24) is 10.1 Å². The summed E-state index contributed by atoms with van der Waals surface area (Å²) in [6.45, 7) is 2.12. The molecule has 5 heteroatoms. The fourth-order valence-electron chi connectivity index (χ4n) is 2.46. The second kappa shape index (κ2) is 5.78. The van der Waals surface area contributed by atoms with Gasteiger partial charge in [0.05, 0.1) is 9.98 Å². The zero-order valence-corrected chi connectivity index (χ0v) is 13.3. The highest BCUT2D eigenvalue weighted by Crippen LogP contribution is 2.35. The van der Waals surface area contributed by atoms with Crippen molar-refractivity contribution in [3.63, 3.8) is 0 Å². The Morgan fingerprint density at radius 3 is 2.61 bits per heavy atom. The van der Waals surface area contributed by atoms with Crippen molar-refractivity contribution in [2.24, 2.45) is 0 Å². The molecule has 0 radical (unpaired) electrons. The molecule has 0 atom stereocenters. The van der Waals surface area contributed by atoms with Gasteiger partial charge in [0.2, 0.25) is 5.69 Å². The van der Waals surface area contributed by atoms with Crippen molar-refractivity contribution in [1.29, 1.82) is 0 Å². The molecule has 0 fully saturated rings. The highest BCUT2D eigenvalue weighted by Gasteiger charge is 2.19. The third kappa shape index (κ3) is 2.66. The van der Waals surface area contributed by atoms with E-state index in [1.165, 1.54) is 16.0 Å². The number of thiophene rings is 1. The van der Waals surface area contributed by atoms with Gasteiger partial charge >= 0.3 is 12.3 Å². The van der Waals surface area contributed by atoms with Gasteiger partial charge in [-0.2, -0.15) is 0 Å². The summed E-state index contributed by atoms with van der Waals surface area (Å²) in [6.07, 6.45) is 5.08. The number of aromatic nitrogens is 3. The predicted octanol–water partition coefficient (Wildman–Crippen LogP) is 4.05. The first-order valence-electron chi connectivity index (χ1n) is 7.25. The molecular weight excluding hydrogens is 306 g/mol. The van der Waals surface area contributed by atoms with Crippen LogP contribution in [-0.4, -0.2) is 10.1 Å². The zero-order chi connectivity index (χ0) is 15.6. The van der Waals surface area contributed by atoms with E-state index in [9.17, 15) is 0 Å². The molecule has 4 aromatic rings. The van der Waals surface area contributed by atoms with Crippen molar-refractivity contribution in [3.05, 3.63) is 72.2 Å². The van der Waals surface area contributed by atoms with E-state index >= 15 is 0 Å². The van der Waals surface area contributed by atoms with E-state index in [-0.39, 0.29) is 0 Å². The van der Waals surface area contributed by atoms with E-state index in [1.807, 2.05) is 18.2 Å². The molecule has 0 bridgehead atoms. The average molecular weight is 320 g/mol. The van der Waals surface area contributed by atoms with Crippen LogP contribution in [-0.2, 0) is 0 Å². The van der Waals surface area contributed by atoms with Crippen LogP contribution >= 0.6 is 11.3 Å². The first-order valence-corrected chi connectivity index (χ1v) is 8.07. The maximum Gasteiger partial charge on any atom is 0.368 e. The van der Waals surface area contributed by atoms with E-state index in [2.05, 4.69) is 47.3 Å². The van der Waals surface area contributed by atoms with Crippen LogP contribution in [0.5, 0.6) is 0 Å². The minimum Gasteiger partial charge on any atom is -0.382 e. The molecule has 0 saturated heterocycles. The topological polar surface area (TPSA) is 42.8 Å². The fourth-order valence-corrected chi connectivity index (χ4v) is 3.43. The van der Waals surface area contributed by atoms with E-state index < -0.39 is 0 Å². The minimum absolute atomic E-state index is 0.622. The summed E-state index contributed by atoms with van der Waals surface area (Å²) in [5, 5.41) is 4.53. The molecule has 0 aliphatic rings. The number of aryl methyl sites for hydroxylation is 1. The van der Waals surface area contributed by atoms with Gasteiger partial charge in [-0.25, -0.2) is 0 Å². The molecule has 4 rings (SSSR count). The molecule has 1 aromatic carbocycles. The Morgan fingerprint density at radius 2 is 1.83 bits per heavy atom. The molecule has 0 spiro atoms. The second-order valence-electron chi connectivity index (χ2n) is 5.12. The lowest BCUT2D eigenvalue weighted by Crippen LogP contribution is -2.31. The summed E-state index contributed by atoms with van der Waals surface area (Å²) in [6, 6.07) is 16.3. The molecule has 0 amide bonds. The SMILES string of the molecule is Cc1sc(-c2n[n+](-c3ccncc3)co2)cc1-c1ccccc1. The highest BCUT2D eigenvalue weighted by atomic mass is 32.1. The number of benzene rings is 1. The highest BCUT2D eigenvalue weighted by molar-refractivity contribution is 7.15. The van der Waals surface area contributed by atoms with Crippen LogP contribution in [0.15, 0.2) is 71.7 Å². The fraction of sp³-hybridized carbons (Fsp3) is 0.0556. The molecule has 3 heterocycles. The maximum atomic E-state index is 5.65. The van der Waals surface area contributed by atoms with Gasteiger partial charge in [0.1, 0.15) is 0 Å². The third-order valence-corrected chi connectivity index (χ3v) is 4.64. The van der Waals surface area contributed by atoms with Crippen LogP contribution in [0.1, 0.15) is 4.88 Å². The Balaban J connectivity index is 1.71. The summed E-state index contributed by atoms with van der Waals surface area (Å²) < 4.78 is 7.37. The minimum atomic E-state index is 0.622. The predicted molar refractivity (Wildman–Crippen MR) is 89.3 cm³/mol. The Bertz CT molecular complexity index is 929. The molecule has 3 aromatic heterocycles. The largest absolute Gasteiger partial charge is 0.382 e. The number of hydrogen-bond acceptors (Lipinski definition) is 4. The van der Waals surface area contributed by atoms with Crippen molar-refractivity contribution >= 4 is 11.3 Å². The van der Waals surface area contributed by atoms with Gasteiger partial charge in [-0.05, 0) is 28.8 Å². The number of hydrogen-bond donors (Lipinski definition) is 0. The lowest BCUT2D eigenvalue weighted by molar-refractivity contribution is -0.659. The van der Waals surface area contributed by atoms with Gasteiger partial charge < -0.3 is 4.42 Å². The Hall–Kier alpha value is -2.79. The number of nitrogens with zero attached hydrogens (tertiary/aromatic N) is 3. The van der Waals surface area contributed by atoms with Gasteiger partial charge in [-0.1, -0.05) is 30.3 Å². The summed E-state index contributed by atoms with van der Waals surface area (Å²) in [5.41, 5.74) is 3.35. The molecule has 4 nitrogen and oxygen atoms in total. The molecule has 112 valence electrons. The summed E-state index contributed by atoms with van der Waals surface area (Å²) in [4.78, 5) is 6.29. The summed E-state index contributed by atoms with van der Waals surface area (Å²) in [5.74, 6) is 0.622. The van der Waals surface area contributed by atoms with Crippen LogP contribution in [0, 0.1) is 6.92 Å². The molecule has 0 aliphatic carbocycles. The zero-order valence-electron chi connectivity index (χ0n) is 12.5. The molecule has 0 N–H and O–H groups in total. The second-order valence-corrected chi connectivity index (χ2v) is 6.38. The lowest BCUT2D eigenvalue weighted by Gasteiger charge is -1.97. The van der Waals surface area contributed by atoms with Gasteiger partial charge in [0.15, 0.2) is 0 Å². The Kier molecular flexibility index (Phi) is 3.48. The normalized spacial score (nSPS) is 10.8. The summed E-state index contributed by atoms with van der Waals surface area (Å²) >= 11 is 1.69. The van der Waals surface area contributed by atoms with Crippen molar-refractivity contribution < 1.29 is 9.10 Å². The summed E-state index contributed by atoms with van der Waals surface area (Å²) in [7, 11) is 0. The van der Waals surface area contributed by atoms with Crippen molar-refractivity contribution in [3.8, 4) is 27.6 Å². The smallest absolute Gasteiger partial charge is 0.368 e. The van der Waals surface area contributed by atoms with Gasteiger partial charge in [0, 0.05) is 29.4 Å². The van der Waals surface area contributed by atoms with Crippen LogP contribution in [0.3, 0.4) is 0 Å². The number of rotatable bonds is 3. The first kappa shape index (κ1) is 13.8. The van der Waals surface area contributed by atoms with Crippen molar-refractivity contribution in [2.45, 2.75) is 6.92 Å². The number of pyridine rings is 1. The Labute approximate surface area is 137 Å². The van der Waals surface area contributed by atoms with E-state index in [4.69, 9.17) is 4.42 Å². The monoisotopic (exact) mass is 320 g/mol. The van der Waals surface area contributed by atoms with E-state index in [0.717, 1.165) is 10.6 Å².